The van der Waals surface area contributed by atoms with E-state index >= 15 is 0 Å². The van der Waals surface area contributed by atoms with Gasteiger partial charge in [0.15, 0.2) is 0 Å². The quantitative estimate of drug-likeness (QED) is 0.862. The smallest absolute Gasteiger partial charge is 0.123 e. The Labute approximate surface area is 122 Å². The molecule has 1 aliphatic heterocycles. The van der Waals surface area contributed by atoms with Crippen LogP contribution in [-0.2, 0) is 0 Å². The lowest BCUT2D eigenvalue weighted by molar-refractivity contribution is 0.170. The van der Waals surface area contributed by atoms with Crippen molar-refractivity contribution in [2.75, 3.05) is 30.8 Å². The van der Waals surface area contributed by atoms with Gasteiger partial charge in [-0.15, -0.1) is 0 Å². The maximum Gasteiger partial charge on any atom is 0.123 e. The van der Waals surface area contributed by atoms with Crippen LogP contribution in [0.3, 0.4) is 0 Å². The van der Waals surface area contributed by atoms with Gasteiger partial charge in [-0.2, -0.15) is 0 Å². The largest absolute Gasteiger partial charge is 0.491 e. The lowest BCUT2D eigenvalue weighted by Gasteiger charge is -2.43. The zero-order valence-corrected chi connectivity index (χ0v) is 13.3. The summed E-state index contributed by atoms with van der Waals surface area (Å²) in [5.74, 6) is 0.856. The third-order valence-electron chi connectivity index (χ3n) is 4.01. The van der Waals surface area contributed by atoms with Gasteiger partial charge in [-0.3, -0.25) is 4.90 Å². The van der Waals surface area contributed by atoms with Gasteiger partial charge in [0.05, 0.1) is 6.10 Å². The SMILES string of the molecule is CC(C)Oc1cc(N)cc(N2CC(C)N(C)C(C)C2)c1. The highest BCUT2D eigenvalue weighted by molar-refractivity contribution is 5.61. The Hall–Kier alpha value is -1.42. The summed E-state index contributed by atoms with van der Waals surface area (Å²) in [6.07, 6.45) is 0.162. The van der Waals surface area contributed by atoms with E-state index in [1.54, 1.807) is 0 Å². The molecule has 0 amide bonds. The van der Waals surface area contributed by atoms with Crippen molar-refractivity contribution < 1.29 is 4.74 Å². The highest BCUT2D eigenvalue weighted by atomic mass is 16.5. The van der Waals surface area contributed by atoms with Crippen LogP contribution in [0.25, 0.3) is 0 Å². The normalized spacial score (nSPS) is 24.2. The van der Waals surface area contributed by atoms with Crippen molar-refractivity contribution >= 4 is 11.4 Å². The molecule has 1 saturated heterocycles. The fraction of sp³-hybridized carbons (Fsp3) is 0.625. The number of piperazine rings is 1. The summed E-state index contributed by atoms with van der Waals surface area (Å²) in [5, 5.41) is 0. The van der Waals surface area contributed by atoms with Gasteiger partial charge in [-0.25, -0.2) is 0 Å². The molecule has 112 valence electrons. The summed E-state index contributed by atoms with van der Waals surface area (Å²) >= 11 is 0. The first-order valence-corrected chi connectivity index (χ1v) is 7.41. The molecule has 4 heteroatoms. The van der Waals surface area contributed by atoms with E-state index in [4.69, 9.17) is 10.5 Å². The fourth-order valence-corrected chi connectivity index (χ4v) is 2.74. The minimum absolute atomic E-state index is 0.162. The Kier molecular flexibility index (Phi) is 4.43. The first-order valence-electron chi connectivity index (χ1n) is 7.41. The second kappa shape index (κ2) is 5.92. The number of rotatable bonds is 3. The fourth-order valence-electron chi connectivity index (χ4n) is 2.74. The average molecular weight is 277 g/mol. The molecule has 1 heterocycles. The molecule has 20 heavy (non-hydrogen) atoms. The van der Waals surface area contributed by atoms with Crippen molar-refractivity contribution in [3.63, 3.8) is 0 Å². The van der Waals surface area contributed by atoms with E-state index in [1.807, 2.05) is 26.0 Å². The van der Waals surface area contributed by atoms with E-state index in [1.165, 1.54) is 0 Å². The summed E-state index contributed by atoms with van der Waals surface area (Å²) in [7, 11) is 2.19. The molecule has 2 atom stereocenters. The molecule has 0 aliphatic carbocycles. The zero-order chi connectivity index (χ0) is 14.9. The Balaban J connectivity index is 2.21. The molecule has 1 aliphatic rings. The maximum absolute atomic E-state index is 6.02. The molecule has 2 unspecified atom stereocenters. The van der Waals surface area contributed by atoms with Gasteiger partial charge in [-0.05, 0) is 40.8 Å². The molecule has 1 aromatic rings. The predicted molar refractivity (Wildman–Crippen MR) is 85.5 cm³/mol. The van der Waals surface area contributed by atoms with Crippen LogP contribution >= 0.6 is 0 Å². The van der Waals surface area contributed by atoms with Crippen LogP contribution in [0.15, 0.2) is 18.2 Å². The molecule has 1 fully saturated rings. The number of nitrogen functional groups attached to an aromatic ring is 1. The lowest BCUT2D eigenvalue weighted by atomic mass is 10.1. The number of benzene rings is 1. The third-order valence-corrected chi connectivity index (χ3v) is 4.01. The number of anilines is 2. The van der Waals surface area contributed by atoms with E-state index in [9.17, 15) is 0 Å². The van der Waals surface area contributed by atoms with E-state index in [2.05, 4.69) is 36.8 Å². The summed E-state index contributed by atoms with van der Waals surface area (Å²) in [4.78, 5) is 4.83. The van der Waals surface area contributed by atoms with Crippen LogP contribution in [0, 0.1) is 0 Å². The first-order chi connectivity index (χ1) is 9.36. The molecule has 0 saturated carbocycles. The Morgan fingerprint density at radius 3 is 2.30 bits per heavy atom. The summed E-state index contributed by atoms with van der Waals surface area (Å²) in [6, 6.07) is 7.11. The molecular weight excluding hydrogens is 250 g/mol. The van der Waals surface area contributed by atoms with Crippen LogP contribution in [0.5, 0.6) is 5.75 Å². The summed E-state index contributed by atoms with van der Waals surface area (Å²) < 4.78 is 5.78. The van der Waals surface area contributed by atoms with Gasteiger partial charge in [0.2, 0.25) is 0 Å². The highest BCUT2D eigenvalue weighted by Gasteiger charge is 2.26. The highest BCUT2D eigenvalue weighted by Crippen LogP contribution is 2.28. The average Bonchev–Trinajstić information content (AvgIpc) is 2.33. The number of nitrogens with zero attached hydrogens (tertiary/aromatic N) is 2. The number of hydrogen-bond donors (Lipinski definition) is 1. The van der Waals surface area contributed by atoms with Gasteiger partial charge >= 0.3 is 0 Å². The second-order valence-electron chi connectivity index (χ2n) is 6.20. The molecule has 2 rings (SSSR count). The number of likely N-dealkylation sites (N-methyl/N-ethyl adjacent to an activating group) is 1. The van der Waals surface area contributed by atoms with Crippen molar-refractivity contribution in [3.05, 3.63) is 18.2 Å². The zero-order valence-electron chi connectivity index (χ0n) is 13.3. The van der Waals surface area contributed by atoms with Crippen LogP contribution in [0.2, 0.25) is 0 Å². The van der Waals surface area contributed by atoms with Crippen molar-refractivity contribution in [1.29, 1.82) is 0 Å². The number of hydrogen-bond acceptors (Lipinski definition) is 4. The van der Waals surface area contributed by atoms with Gasteiger partial charge in [0.25, 0.3) is 0 Å². The van der Waals surface area contributed by atoms with Crippen molar-refractivity contribution in [1.82, 2.24) is 4.90 Å². The topological polar surface area (TPSA) is 41.7 Å². The third kappa shape index (κ3) is 3.37. The van der Waals surface area contributed by atoms with Crippen LogP contribution < -0.4 is 15.4 Å². The monoisotopic (exact) mass is 277 g/mol. The molecule has 2 N–H and O–H groups in total. The van der Waals surface area contributed by atoms with Crippen LogP contribution in [0.4, 0.5) is 11.4 Å². The Morgan fingerprint density at radius 2 is 1.75 bits per heavy atom. The maximum atomic E-state index is 6.02. The van der Waals surface area contributed by atoms with Crippen molar-refractivity contribution in [2.24, 2.45) is 0 Å². The Bertz CT molecular complexity index is 449. The van der Waals surface area contributed by atoms with Crippen LogP contribution in [-0.4, -0.2) is 43.2 Å². The number of nitrogens with two attached hydrogens (primary N) is 1. The minimum Gasteiger partial charge on any atom is -0.491 e. The van der Waals surface area contributed by atoms with Gasteiger partial charge in [0.1, 0.15) is 5.75 Å². The lowest BCUT2D eigenvalue weighted by Crippen LogP contribution is -2.55. The predicted octanol–water partition coefficient (Wildman–Crippen LogP) is 2.58. The standard InChI is InChI=1S/C16H27N3O/c1-11(2)20-16-7-14(17)6-15(8-16)19-9-12(3)18(5)13(4)10-19/h6-8,11-13H,9-10,17H2,1-5H3. The summed E-state index contributed by atoms with van der Waals surface area (Å²) in [6.45, 7) is 10.6. The van der Waals surface area contributed by atoms with Crippen molar-refractivity contribution in [3.8, 4) is 5.75 Å². The molecule has 0 radical (unpaired) electrons. The van der Waals surface area contributed by atoms with Crippen LogP contribution in [0.1, 0.15) is 27.7 Å². The number of ether oxygens (including phenoxy) is 1. The van der Waals surface area contributed by atoms with Gasteiger partial charge in [0, 0.05) is 48.7 Å². The first kappa shape index (κ1) is 15.0. The van der Waals surface area contributed by atoms with Crippen molar-refractivity contribution in [2.45, 2.75) is 45.9 Å². The summed E-state index contributed by atoms with van der Waals surface area (Å²) in [5.41, 5.74) is 7.94. The molecule has 1 aromatic carbocycles. The van der Waals surface area contributed by atoms with E-state index in [-0.39, 0.29) is 6.10 Å². The molecular formula is C16H27N3O. The van der Waals surface area contributed by atoms with Gasteiger partial charge in [-0.1, -0.05) is 0 Å². The second-order valence-corrected chi connectivity index (χ2v) is 6.20. The Morgan fingerprint density at radius 1 is 1.15 bits per heavy atom. The van der Waals surface area contributed by atoms with E-state index in [0.29, 0.717) is 12.1 Å². The molecule has 4 nitrogen and oxygen atoms in total. The molecule has 0 bridgehead atoms. The molecule has 0 spiro atoms. The van der Waals surface area contributed by atoms with E-state index < -0.39 is 0 Å². The van der Waals surface area contributed by atoms with E-state index in [0.717, 1.165) is 30.2 Å². The van der Waals surface area contributed by atoms with Gasteiger partial charge < -0.3 is 15.4 Å². The molecule has 0 aromatic heterocycles. The minimum atomic E-state index is 0.162.